The van der Waals surface area contributed by atoms with E-state index in [4.69, 9.17) is 0 Å². The monoisotopic (exact) mass is 289 g/mol. The Labute approximate surface area is 125 Å². The number of rotatable bonds is 6. The third kappa shape index (κ3) is 4.01. The van der Waals surface area contributed by atoms with E-state index in [0.29, 0.717) is 18.5 Å². The summed E-state index contributed by atoms with van der Waals surface area (Å²) in [5.74, 6) is 0.411. The first-order valence-electron chi connectivity index (χ1n) is 7.20. The molecule has 0 aliphatic carbocycles. The van der Waals surface area contributed by atoms with E-state index in [1.807, 2.05) is 38.4 Å². The number of nitrogens with one attached hydrogen (secondary N) is 1. The van der Waals surface area contributed by atoms with Gasteiger partial charge in [-0.05, 0) is 32.1 Å². The Hall–Kier alpha value is -1.95. The van der Waals surface area contributed by atoms with Crippen LogP contribution in [0, 0.1) is 5.92 Å². The lowest BCUT2D eigenvalue weighted by Crippen LogP contribution is -2.44. The third-order valence-corrected chi connectivity index (χ3v) is 3.55. The molecule has 2 rings (SSSR count). The van der Waals surface area contributed by atoms with Crippen LogP contribution in [0.3, 0.4) is 0 Å². The SMILES string of the molecule is CC(C)[C@@H](CNC(=O)Cn1nc2ccccc2n1)N(C)C. The second-order valence-electron chi connectivity index (χ2n) is 5.80. The van der Waals surface area contributed by atoms with Gasteiger partial charge in [0, 0.05) is 12.6 Å². The molecule has 1 amide bonds. The fourth-order valence-electron chi connectivity index (χ4n) is 2.39. The number of benzene rings is 1. The van der Waals surface area contributed by atoms with Crippen molar-refractivity contribution in [1.82, 2.24) is 25.2 Å². The normalized spacial score (nSPS) is 13.0. The maximum Gasteiger partial charge on any atom is 0.243 e. The lowest BCUT2D eigenvalue weighted by molar-refractivity contribution is -0.122. The van der Waals surface area contributed by atoms with Crippen molar-refractivity contribution in [1.29, 1.82) is 0 Å². The van der Waals surface area contributed by atoms with Gasteiger partial charge < -0.3 is 10.2 Å². The van der Waals surface area contributed by atoms with Gasteiger partial charge in [0.15, 0.2) is 0 Å². The molecule has 1 aromatic carbocycles. The summed E-state index contributed by atoms with van der Waals surface area (Å²) in [6.45, 7) is 5.08. The van der Waals surface area contributed by atoms with Crippen LogP contribution < -0.4 is 5.32 Å². The smallest absolute Gasteiger partial charge is 0.243 e. The van der Waals surface area contributed by atoms with Crippen LogP contribution in [0.25, 0.3) is 11.0 Å². The standard InChI is InChI=1S/C15H23N5O/c1-11(2)14(19(3)4)9-16-15(21)10-20-17-12-7-5-6-8-13(12)18-20/h5-8,11,14H,9-10H2,1-4H3,(H,16,21)/t14-/m1/s1. The molecule has 6 nitrogen and oxygen atoms in total. The molecule has 1 heterocycles. The molecule has 0 saturated heterocycles. The highest BCUT2D eigenvalue weighted by molar-refractivity contribution is 5.77. The summed E-state index contributed by atoms with van der Waals surface area (Å²) in [7, 11) is 4.05. The van der Waals surface area contributed by atoms with E-state index < -0.39 is 0 Å². The fourth-order valence-corrected chi connectivity index (χ4v) is 2.39. The summed E-state index contributed by atoms with van der Waals surface area (Å²) in [6, 6.07) is 7.91. The molecule has 1 aromatic heterocycles. The van der Waals surface area contributed by atoms with E-state index >= 15 is 0 Å². The van der Waals surface area contributed by atoms with E-state index in [9.17, 15) is 4.79 Å². The number of hydrogen-bond donors (Lipinski definition) is 1. The largest absolute Gasteiger partial charge is 0.353 e. The van der Waals surface area contributed by atoms with Crippen LogP contribution in [0.5, 0.6) is 0 Å². The molecular weight excluding hydrogens is 266 g/mol. The van der Waals surface area contributed by atoms with Crippen molar-refractivity contribution < 1.29 is 4.79 Å². The van der Waals surface area contributed by atoms with Gasteiger partial charge >= 0.3 is 0 Å². The number of fused-ring (bicyclic) bond motifs is 1. The first-order valence-corrected chi connectivity index (χ1v) is 7.20. The molecule has 0 bridgehead atoms. The van der Waals surface area contributed by atoms with Crippen molar-refractivity contribution in [2.45, 2.75) is 26.4 Å². The summed E-state index contributed by atoms with van der Waals surface area (Å²) in [5, 5.41) is 11.5. The number of carbonyl (C=O) groups excluding carboxylic acids is 1. The van der Waals surface area contributed by atoms with Crippen LogP contribution in [0.1, 0.15) is 13.8 Å². The highest BCUT2D eigenvalue weighted by atomic mass is 16.2. The lowest BCUT2D eigenvalue weighted by atomic mass is 10.0. The molecule has 0 unspecified atom stereocenters. The molecule has 6 heteroatoms. The second-order valence-corrected chi connectivity index (χ2v) is 5.80. The zero-order valence-corrected chi connectivity index (χ0v) is 13.1. The van der Waals surface area contributed by atoms with Crippen LogP contribution >= 0.6 is 0 Å². The Kier molecular flexibility index (Phi) is 4.90. The number of aromatic nitrogens is 3. The Balaban J connectivity index is 1.92. The molecule has 0 spiro atoms. The first-order chi connectivity index (χ1) is 9.97. The first kappa shape index (κ1) is 15.4. The Morgan fingerprint density at radius 1 is 1.24 bits per heavy atom. The van der Waals surface area contributed by atoms with Gasteiger partial charge in [-0.1, -0.05) is 26.0 Å². The maximum absolute atomic E-state index is 12.0. The minimum atomic E-state index is -0.0668. The Bertz CT molecular complexity index is 564. The van der Waals surface area contributed by atoms with E-state index in [1.165, 1.54) is 4.80 Å². The van der Waals surface area contributed by atoms with Gasteiger partial charge in [0.1, 0.15) is 17.6 Å². The number of nitrogens with zero attached hydrogens (tertiary/aromatic N) is 4. The molecule has 0 aliphatic rings. The van der Waals surface area contributed by atoms with E-state index in [1.54, 1.807) is 0 Å². The van der Waals surface area contributed by atoms with Crippen molar-refractivity contribution >= 4 is 16.9 Å². The minimum Gasteiger partial charge on any atom is -0.353 e. The average molecular weight is 289 g/mol. The van der Waals surface area contributed by atoms with Crippen LogP contribution in [-0.2, 0) is 11.3 Å². The van der Waals surface area contributed by atoms with Crippen molar-refractivity contribution in [3.05, 3.63) is 24.3 Å². The van der Waals surface area contributed by atoms with Crippen LogP contribution in [0.15, 0.2) is 24.3 Å². The zero-order valence-electron chi connectivity index (χ0n) is 13.1. The highest BCUT2D eigenvalue weighted by Gasteiger charge is 2.17. The van der Waals surface area contributed by atoms with Crippen molar-refractivity contribution in [3.8, 4) is 0 Å². The summed E-state index contributed by atoms with van der Waals surface area (Å²) < 4.78 is 0. The molecular formula is C15H23N5O. The highest BCUT2D eigenvalue weighted by Crippen LogP contribution is 2.07. The summed E-state index contributed by atoms with van der Waals surface area (Å²) in [4.78, 5) is 15.6. The van der Waals surface area contributed by atoms with Gasteiger partial charge in [-0.3, -0.25) is 4.79 Å². The van der Waals surface area contributed by atoms with Crippen LogP contribution in [0.4, 0.5) is 0 Å². The van der Waals surface area contributed by atoms with Gasteiger partial charge in [-0.15, -0.1) is 0 Å². The third-order valence-electron chi connectivity index (χ3n) is 3.55. The molecule has 1 N–H and O–H groups in total. The molecule has 0 aliphatic heterocycles. The summed E-state index contributed by atoms with van der Waals surface area (Å²) >= 11 is 0. The fraction of sp³-hybridized carbons (Fsp3) is 0.533. The quantitative estimate of drug-likeness (QED) is 0.866. The number of carbonyl (C=O) groups is 1. The average Bonchev–Trinajstić information content (AvgIpc) is 2.79. The summed E-state index contributed by atoms with van der Waals surface area (Å²) in [5.41, 5.74) is 1.61. The van der Waals surface area contributed by atoms with E-state index in [0.717, 1.165) is 11.0 Å². The molecule has 1 atom stereocenters. The maximum atomic E-state index is 12.0. The molecule has 0 saturated carbocycles. The van der Waals surface area contributed by atoms with Gasteiger partial charge in [-0.2, -0.15) is 15.0 Å². The predicted molar refractivity (Wildman–Crippen MR) is 82.9 cm³/mol. The second kappa shape index (κ2) is 6.67. The number of hydrogen-bond acceptors (Lipinski definition) is 4. The van der Waals surface area contributed by atoms with Gasteiger partial charge in [0.25, 0.3) is 0 Å². The topological polar surface area (TPSA) is 63.1 Å². The minimum absolute atomic E-state index is 0.0668. The molecule has 114 valence electrons. The van der Waals surface area contributed by atoms with Gasteiger partial charge in [0.05, 0.1) is 0 Å². The predicted octanol–water partition coefficient (Wildman–Crippen LogP) is 1.13. The van der Waals surface area contributed by atoms with E-state index in [2.05, 4.69) is 34.3 Å². The van der Waals surface area contributed by atoms with Gasteiger partial charge in [-0.25, -0.2) is 0 Å². The molecule has 0 fully saturated rings. The van der Waals surface area contributed by atoms with Crippen LogP contribution in [-0.4, -0.2) is 52.5 Å². The van der Waals surface area contributed by atoms with E-state index in [-0.39, 0.29) is 12.5 Å². The van der Waals surface area contributed by atoms with Crippen LogP contribution in [0.2, 0.25) is 0 Å². The number of amides is 1. The summed E-state index contributed by atoms with van der Waals surface area (Å²) in [6.07, 6.45) is 0. The molecule has 0 radical (unpaired) electrons. The lowest BCUT2D eigenvalue weighted by Gasteiger charge is -2.28. The van der Waals surface area contributed by atoms with Gasteiger partial charge in [0.2, 0.25) is 5.91 Å². The number of likely N-dealkylation sites (N-methyl/N-ethyl adjacent to an activating group) is 1. The zero-order chi connectivity index (χ0) is 15.4. The Morgan fingerprint density at radius 3 is 2.29 bits per heavy atom. The van der Waals surface area contributed by atoms with Crippen molar-refractivity contribution in [3.63, 3.8) is 0 Å². The van der Waals surface area contributed by atoms with Crippen molar-refractivity contribution in [2.24, 2.45) is 5.92 Å². The van der Waals surface area contributed by atoms with Crippen molar-refractivity contribution in [2.75, 3.05) is 20.6 Å². The molecule has 2 aromatic rings. The Morgan fingerprint density at radius 2 is 1.81 bits per heavy atom. The molecule has 21 heavy (non-hydrogen) atoms.